The Balaban J connectivity index is 3.16. The second-order valence-electron chi connectivity index (χ2n) is 2.66. The van der Waals surface area contributed by atoms with Gasteiger partial charge in [-0.2, -0.15) is 0 Å². The van der Waals surface area contributed by atoms with Gasteiger partial charge in [-0.05, 0) is 13.3 Å². The predicted octanol–water partition coefficient (Wildman–Crippen LogP) is 3.07. The lowest BCUT2D eigenvalue weighted by molar-refractivity contribution is 0.180. The Morgan fingerprint density at radius 3 is 2.40 bits per heavy atom. The fourth-order valence-electron chi connectivity index (χ4n) is 0.887. The first-order chi connectivity index (χ1) is 4.66. The summed E-state index contributed by atoms with van der Waals surface area (Å²) in [7, 11) is 0. The van der Waals surface area contributed by atoms with E-state index in [9.17, 15) is 5.11 Å². The van der Waals surface area contributed by atoms with Crippen molar-refractivity contribution in [2.24, 2.45) is 0 Å². The highest BCUT2D eigenvalue weighted by Crippen LogP contribution is 2.20. The summed E-state index contributed by atoms with van der Waals surface area (Å²) >= 11 is 1.54. The summed E-state index contributed by atoms with van der Waals surface area (Å²) in [5.74, 6) is 0. The van der Waals surface area contributed by atoms with E-state index in [-0.39, 0.29) is 0 Å². The smallest absolute Gasteiger partial charge is 0.136 e. The number of unbranched alkanes of at least 4 members (excludes halogenated alkanes) is 1. The molecule has 0 aliphatic carbocycles. The van der Waals surface area contributed by atoms with Crippen molar-refractivity contribution >= 4 is 11.8 Å². The van der Waals surface area contributed by atoms with Crippen LogP contribution in [0.3, 0.4) is 0 Å². The van der Waals surface area contributed by atoms with E-state index in [4.69, 9.17) is 0 Å². The van der Waals surface area contributed by atoms with E-state index in [1.807, 2.05) is 0 Å². The van der Waals surface area contributed by atoms with Crippen molar-refractivity contribution in [3.05, 3.63) is 0 Å². The van der Waals surface area contributed by atoms with Gasteiger partial charge in [0.2, 0.25) is 0 Å². The Morgan fingerprint density at radius 2 is 2.00 bits per heavy atom. The van der Waals surface area contributed by atoms with E-state index in [2.05, 4.69) is 13.8 Å². The third kappa shape index (κ3) is 6.43. The Morgan fingerprint density at radius 1 is 1.40 bits per heavy atom. The summed E-state index contributed by atoms with van der Waals surface area (Å²) < 4.78 is 0. The van der Waals surface area contributed by atoms with Gasteiger partial charge in [-0.1, -0.05) is 26.7 Å². The summed E-state index contributed by atoms with van der Waals surface area (Å²) in [4.78, 5) is 0. The lowest BCUT2D eigenvalue weighted by Gasteiger charge is -2.10. The topological polar surface area (TPSA) is 19.9 Å². The lowest BCUT2D eigenvalue weighted by atomic mass is 10.2. The molecule has 0 amide bonds. The summed E-state index contributed by atoms with van der Waals surface area (Å²) in [5.41, 5.74) is -0.452. The van der Waals surface area contributed by atoms with Crippen molar-refractivity contribution in [2.45, 2.75) is 50.7 Å². The van der Waals surface area contributed by atoms with Gasteiger partial charge in [-0.25, -0.2) is 5.11 Å². The molecule has 2 unspecified atom stereocenters. The van der Waals surface area contributed by atoms with Crippen molar-refractivity contribution in [1.29, 1.82) is 0 Å². The van der Waals surface area contributed by atoms with Crippen molar-refractivity contribution in [2.75, 3.05) is 0 Å². The molecule has 0 aliphatic rings. The third-order valence-electron chi connectivity index (χ3n) is 1.39. The van der Waals surface area contributed by atoms with Gasteiger partial charge in [0.1, 0.15) is 5.44 Å². The molecule has 0 bridgehead atoms. The maximum atomic E-state index is 10.7. The second-order valence-corrected chi connectivity index (χ2v) is 4.40. The van der Waals surface area contributed by atoms with Crippen molar-refractivity contribution < 1.29 is 5.11 Å². The zero-order valence-electron chi connectivity index (χ0n) is 7.09. The average Bonchev–Trinajstić information content (AvgIpc) is 1.82. The fraction of sp³-hybridized carbons (Fsp3) is 1.00. The normalized spacial score (nSPS) is 16.8. The Labute approximate surface area is 68.2 Å². The summed E-state index contributed by atoms with van der Waals surface area (Å²) in [6.45, 7) is 6.03. The van der Waals surface area contributed by atoms with Crippen molar-refractivity contribution in [3.63, 3.8) is 0 Å². The molecule has 0 saturated heterocycles. The highest BCUT2D eigenvalue weighted by molar-refractivity contribution is 8.00. The number of hydrogen-bond donors (Lipinski definition) is 0. The van der Waals surface area contributed by atoms with Gasteiger partial charge in [-0.15, -0.1) is 11.8 Å². The van der Waals surface area contributed by atoms with Gasteiger partial charge >= 0.3 is 0 Å². The lowest BCUT2D eigenvalue weighted by Crippen LogP contribution is -2.01. The minimum atomic E-state index is -0.452. The van der Waals surface area contributed by atoms with Crippen LogP contribution in [0, 0.1) is 0 Å². The van der Waals surface area contributed by atoms with Gasteiger partial charge in [-0.3, -0.25) is 0 Å². The third-order valence-corrected chi connectivity index (χ3v) is 2.47. The van der Waals surface area contributed by atoms with E-state index >= 15 is 0 Å². The molecule has 1 radical (unpaired) electrons. The Kier molecular flexibility index (Phi) is 6.24. The number of thioether (sulfide) groups is 1. The van der Waals surface area contributed by atoms with Crippen molar-refractivity contribution in [3.8, 4) is 0 Å². The van der Waals surface area contributed by atoms with Crippen LogP contribution in [0.4, 0.5) is 0 Å². The number of hydrogen-bond acceptors (Lipinski definition) is 1. The minimum absolute atomic E-state index is 0.452. The first-order valence-electron chi connectivity index (χ1n) is 3.98. The molecular formula is C8H17OS. The van der Waals surface area contributed by atoms with Crippen LogP contribution in [0.2, 0.25) is 0 Å². The van der Waals surface area contributed by atoms with Crippen molar-refractivity contribution in [1.82, 2.24) is 0 Å². The zero-order valence-corrected chi connectivity index (χ0v) is 7.91. The van der Waals surface area contributed by atoms with E-state index in [1.165, 1.54) is 31.0 Å². The molecular weight excluding hydrogens is 144 g/mol. The Bertz CT molecular complexity index is 73.7. The van der Waals surface area contributed by atoms with E-state index in [0.717, 1.165) is 0 Å². The summed E-state index contributed by atoms with van der Waals surface area (Å²) in [6, 6.07) is 0. The van der Waals surface area contributed by atoms with Gasteiger partial charge < -0.3 is 0 Å². The maximum Gasteiger partial charge on any atom is 0.136 e. The molecule has 2 atom stereocenters. The van der Waals surface area contributed by atoms with E-state index in [1.54, 1.807) is 6.92 Å². The van der Waals surface area contributed by atoms with Crippen LogP contribution in [0.1, 0.15) is 40.0 Å². The van der Waals surface area contributed by atoms with E-state index in [0.29, 0.717) is 5.25 Å². The number of rotatable bonds is 5. The first kappa shape index (κ1) is 10.3. The average molecular weight is 161 g/mol. The summed E-state index contributed by atoms with van der Waals surface area (Å²) in [6.07, 6.45) is 3.67. The van der Waals surface area contributed by atoms with E-state index < -0.39 is 5.44 Å². The fourth-order valence-corrected chi connectivity index (χ4v) is 1.84. The molecule has 0 N–H and O–H groups in total. The zero-order chi connectivity index (χ0) is 7.98. The largest absolute Gasteiger partial charge is 0.222 e. The Hall–Kier alpha value is 0.310. The molecule has 1 nitrogen and oxygen atoms in total. The van der Waals surface area contributed by atoms with Crippen LogP contribution in [-0.2, 0) is 5.11 Å². The monoisotopic (exact) mass is 161 g/mol. The van der Waals surface area contributed by atoms with Crippen LogP contribution in [0.5, 0.6) is 0 Å². The molecule has 0 aliphatic heterocycles. The highest BCUT2D eigenvalue weighted by Gasteiger charge is 2.05. The van der Waals surface area contributed by atoms with Gasteiger partial charge in [0.05, 0.1) is 0 Å². The van der Waals surface area contributed by atoms with Crippen LogP contribution in [-0.4, -0.2) is 10.7 Å². The maximum absolute atomic E-state index is 10.7. The second kappa shape index (κ2) is 6.05. The van der Waals surface area contributed by atoms with Gasteiger partial charge in [0.15, 0.2) is 0 Å². The van der Waals surface area contributed by atoms with Crippen LogP contribution >= 0.6 is 11.8 Å². The molecule has 0 rings (SSSR count). The standard InChI is InChI=1S/C8H17OS/c1-4-5-6-7(2)10-8(3)9/h7-8H,4-6H2,1-3H3. The highest BCUT2D eigenvalue weighted by atomic mass is 32.2. The molecule has 0 heterocycles. The minimum Gasteiger partial charge on any atom is -0.222 e. The molecule has 0 aromatic rings. The van der Waals surface area contributed by atoms with Crippen LogP contribution in [0.15, 0.2) is 0 Å². The molecule has 2 heteroatoms. The van der Waals surface area contributed by atoms with Gasteiger partial charge in [0.25, 0.3) is 0 Å². The van der Waals surface area contributed by atoms with Crippen LogP contribution in [0.25, 0.3) is 0 Å². The van der Waals surface area contributed by atoms with Crippen LogP contribution < -0.4 is 0 Å². The molecule has 0 aromatic heterocycles. The molecule has 0 spiro atoms. The molecule has 0 saturated carbocycles. The first-order valence-corrected chi connectivity index (χ1v) is 4.92. The van der Waals surface area contributed by atoms with Gasteiger partial charge in [0, 0.05) is 5.25 Å². The quantitative estimate of drug-likeness (QED) is 0.567. The molecule has 0 fully saturated rings. The predicted molar refractivity (Wildman–Crippen MR) is 46.7 cm³/mol. The summed E-state index contributed by atoms with van der Waals surface area (Å²) in [5, 5.41) is 11.2. The molecule has 61 valence electrons. The molecule has 10 heavy (non-hydrogen) atoms. The molecule has 0 aromatic carbocycles. The SMILES string of the molecule is CCCCC(C)SC(C)[O].